The van der Waals surface area contributed by atoms with Gasteiger partial charge in [0.25, 0.3) is 0 Å². The van der Waals surface area contributed by atoms with Crippen LogP contribution in [0.5, 0.6) is 5.75 Å². The fourth-order valence-electron chi connectivity index (χ4n) is 6.72. The van der Waals surface area contributed by atoms with Crippen molar-refractivity contribution >= 4 is 34.6 Å². The van der Waals surface area contributed by atoms with Gasteiger partial charge in [-0.1, -0.05) is 36.9 Å². The average molecular weight is 614 g/mol. The van der Waals surface area contributed by atoms with Gasteiger partial charge in [-0.05, 0) is 44.4 Å². The van der Waals surface area contributed by atoms with Crippen LogP contribution in [0.15, 0.2) is 67.5 Å². The highest BCUT2D eigenvalue weighted by Crippen LogP contribution is 2.40. The highest BCUT2D eigenvalue weighted by molar-refractivity contribution is 6.02. The molecule has 6 rings (SSSR count). The summed E-state index contributed by atoms with van der Waals surface area (Å²) in [5.41, 5.74) is 3.42. The molecule has 3 saturated heterocycles. The van der Waals surface area contributed by atoms with Crippen molar-refractivity contribution in [1.82, 2.24) is 14.9 Å². The Morgan fingerprint density at radius 3 is 2.49 bits per heavy atom. The number of anilines is 5. The number of ether oxygens (including phenoxy) is 2. The lowest BCUT2D eigenvalue weighted by atomic mass is 10.00. The largest absolute Gasteiger partial charge is 0.494 e. The van der Waals surface area contributed by atoms with Gasteiger partial charge in [0.15, 0.2) is 5.82 Å². The predicted molar refractivity (Wildman–Crippen MR) is 176 cm³/mol. The minimum absolute atomic E-state index is 0.0580. The summed E-state index contributed by atoms with van der Waals surface area (Å²) in [6, 6.07) is 16.6. The molecule has 11 nitrogen and oxygen atoms in total. The van der Waals surface area contributed by atoms with Crippen LogP contribution in [-0.4, -0.2) is 78.9 Å². The Morgan fingerprint density at radius 2 is 1.78 bits per heavy atom. The molecule has 1 amide bonds. The van der Waals surface area contributed by atoms with Crippen molar-refractivity contribution in [2.75, 3.05) is 60.5 Å². The molecule has 3 aromatic rings. The van der Waals surface area contributed by atoms with Crippen molar-refractivity contribution in [2.45, 2.75) is 57.4 Å². The highest BCUT2D eigenvalue weighted by atomic mass is 16.7. The molecular weight excluding hydrogens is 570 g/mol. The van der Waals surface area contributed by atoms with Gasteiger partial charge in [0.2, 0.25) is 5.91 Å². The average Bonchev–Trinajstić information content (AvgIpc) is 3.55. The van der Waals surface area contributed by atoms with Crippen LogP contribution < -0.4 is 25.3 Å². The second-order valence-corrected chi connectivity index (χ2v) is 12.0. The molecule has 0 radical (unpaired) electrons. The van der Waals surface area contributed by atoms with Gasteiger partial charge in [-0.25, -0.2) is 15.0 Å². The first-order valence-electron chi connectivity index (χ1n) is 15.8. The predicted octanol–water partition coefficient (Wildman–Crippen LogP) is 5.31. The van der Waals surface area contributed by atoms with Crippen molar-refractivity contribution in [3.8, 4) is 5.75 Å². The van der Waals surface area contributed by atoms with Crippen LogP contribution >= 0.6 is 0 Å². The zero-order valence-electron chi connectivity index (χ0n) is 26.3. The van der Waals surface area contributed by atoms with Crippen LogP contribution in [0.2, 0.25) is 0 Å². The lowest BCUT2D eigenvalue weighted by Gasteiger charge is -2.44. The number of nitrogens with one attached hydrogen (secondary N) is 2. The fourth-order valence-corrected chi connectivity index (χ4v) is 6.72. The van der Waals surface area contributed by atoms with Gasteiger partial charge in [-0.3, -0.25) is 14.5 Å². The first kappa shape index (κ1) is 30.8. The molecular formula is C34H43N7O4. The molecule has 0 bridgehead atoms. The molecule has 1 aromatic heterocycles. The third kappa shape index (κ3) is 7.06. The van der Waals surface area contributed by atoms with Gasteiger partial charge in [-0.15, -0.1) is 0 Å². The molecule has 3 aliphatic heterocycles. The zero-order chi connectivity index (χ0) is 31.3. The van der Waals surface area contributed by atoms with E-state index < -0.39 is 0 Å². The summed E-state index contributed by atoms with van der Waals surface area (Å²) in [6.07, 6.45) is 6.21. The number of nitrogens with zero attached hydrogens (tertiary/aromatic N) is 5. The summed E-state index contributed by atoms with van der Waals surface area (Å²) in [6.45, 7) is 12.2. The van der Waals surface area contributed by atoms with E-state index in [1.165, 1.54) is 18.0 Å². The van der Waals surface area contributed by atoms with Crippen molar-refractivity contribution in [3.63, 3.8) is 0 Å². The summed E-state index contributed by atoms with van der Waals surface area (Å²) in [4.78, 5) is 32.4. The lowest BCUT2D eigenvalue weighted by molar-refractivity contribution is -0.111. The van der Waals surface area contributed by atoms with Crippen LogP contribution in [0, 0.1) is 0 Å². The van der Waals surface area contributed by atoms with Crippen LogP contribution in [0.3, 0.4) is 0 Å². The molecule has 11 heteroatoms. The summed E-state index contributed by atoms with van der Waals surface area (Å²) >= 11 is 0. The minimum Gasteiger partial charge on any atom is -0.494 e. The van der Waals surface area contributed by atoms with E-state index in [4.69, 9.17) is 14.3 Å². The summed E-state index contributed by atoms with van der Waals surface area (Å²) in [5.74, 6) is 1.59. The van der Waals surface area contributed by atoms with E-state index in [1.54, 1.807) is 7.11 Å². The molecule has 3 fully saturated rings. The smallest absolute Gasteiger partial charge is 0.247 e. The maximum absolute atomic E-state index is 12.5. The number of hydrogen-bond donors (Lipinski definition) is 2. The zero-order valence-corrected chi connectivity index (χ0v) is 26.3. The van der Waals surface area contributed by atoms with Crippen LogP contribution in [0.4, 0.5) is 28.7 Å². The Kier molecular flexibility index (Phi) is 9.48. The number of benzene rings is 2. The molecule has 45 heavy (non-hydrogen) atoms. The molecule has 3 aliphatic rings. The molecule has 0 unspecified atom stereocenters. The van der Waals surface area contributed by atoms with Gasteiger partial charge in [0.05, 0.1) is 49.0 Å². The molecule has 0 aliphatic carbocycles. The van der Waals surface area contributed by atoms with Crippen molar-refractivity contribution in [3.05, 3.63) is 73.1 Å². The Bertz CT molecular complexity index is 1470. The first-order chi connectivity index (χ1) is 21.9. The van der Waals surface area contributed by atoms with E-state index in [2.05, 4.69) is 63.0 Å². The van der Waals surface area contributed by atoms with Crippen molar-refractivity contribution in [1.29, 1.82) is 0 Å². The fraction of sp³-hybridized carbons (Fsp3) is 0.441. The molecule has 238 valence electrons. The van der Waals surface area contributed by atoms with E-state index in [0.29, 0.717) is 41.4 Å². The number of amides is 1. The molecule has 0 spiro atoms. The van der Waals surface area contributed by atoms with Crippen LogP contribution in [0.1, 0.15) is 44.7 Å². The Balaban J connectivity index is 1.22. The van der Waals surface area contributed by atoms with Gasteiger partial charge in [-0.2, -0.15) is 0 Å². The lowest BCUT2D eigenvalue weighted by Crippen LogP contribution is -2.53. The van der Waals surface area contributed by atoms with Crippen LogP contribution in [-0.2, 0) is 14.4 Å². The number of rotatable bonds is 9. The van der Waals surface area contributed by atoms with Crippen molar-refractivity contribution < 1.29 is 19.1 Å². The summed E-state index contributed by atoms with van der Waals surface area (Å²) < 4.78 is 11.8. The molecule has 2 aromatic carbocycles. The van der Waals surface area contributed by atoms with Crippen molar-refractivity contribution in [2.24, 2.45) is 0 Å². The monoisotopic (exact) mass is 613 g/mol. The highest BCUT2D eigenvalue weighted by Gasteiger charge is 2.32. The molecule has 0 saturated carbocycles. The van der Waals surface area contributed by atoms with Gasteiger partial charge in [0, 0.05) is 50.8 Å². The Labute approximate surface area is 265 Å². The first-order valence-corrected chi connectivity index (χ1v) is 15.8. The van der Waals surface area contributed by atoms with E-state index in [0.717, 1.165) is 51.1 Å². The maximum Gasteiger partial charge on any atom is 0.247 e. The van der Waals surface area contributed by atoms with Gasteiger partial charge in [0.1, 0.15) is 17.9 Å². The number of carbonyl (C=O) groups is 1. The van der Waals surface area contributed by atoms with E-state index in [9.17, 15) is 4.79 Å². The minimum atomic E-state index is -0.277. The third-order valence-corrected chi connectivity index (χ3v) is 8.76. The Hall–Kier alpha value is -4.19. The third-order valence-electron chi connectivity index (χ3n) is 8.76. The number of carbonyl (C=O) groups excluding carboxylic acids is 1. The number of aromatic nitrogens is 2. The SMILES string of the molecule is C=CC(=O)Nc1cc(Nc2cc(N3OCC[C@@H]3c3ccccc3)ncn2)c(OC)cc1N1CCC(N2C[C@@H](C)O[C@@H](C)C2)CC1. The number of hydroxylamine groups is 1. The topological polar surface area (TPSA) is 104 Å². The maximum atomic E-state index is 12.5. The quantitative estimate of drug-likeness (QED) is 0.309. The van der Waals surface area contributed by atoms with E-state index in [1.807, 2.05) is 41.5 Å². The second kappa shape index (κ2) is 13.8. The van der Waals surface area contributed by atoms with E-state index in [-0.39, 0.29) is 24.2 Å². The molecule has 4 heterocycles. The number of morpholine rings is 1. The van der Waals surface area contributed by atoms with E-state index >= 15 is 0 Å². The summed E-state index contributed by atoms with van der Waals surface area (Å²) in [7, 11) is 1.65. The van der Waals surface area contributed by atoms with Gasteiger partial charge >= 0.3 is 0 Å². The van der Waals surface area contributed by atoms with Crippen LogP contribution in [0.25, 0.3) is 0 Å². The standard InChI is InChI=1S/C34H43N7O4/c1-5-34(42)38-27-17-28(37-32-19-33(36-22-35-32)41-29(13-16-44-41)25-9-7-6-8-10-25)31(43-4)18-30(27)39-14-11-26(12-15-39)40-20-23(2)45-24(3)21-40/h5-10,17-19,22-24,26,29H,1,11-16,20-21H2,2-4H3,(H,38,42)(H,35,36,37)/t23-,24+,29-/m1/s1. The molecule has 2 N–H and O–H groups in total. The second-order valence-electron chi connectivity index (χ2n) is 12.0. The normalized spacial score (nSPS) is 22.7. The van der Waals surface area contributed by atoms with Gasteiger partial charge < -0.3 is 25.0 Å². The summed E-state index contributed by atoms with van der Waals surface area (Å²) in [5, 5.41) is 8.26. The number of methoxy groups -OCH3 is 1. The number of hydrogen-bond acceptors (Lipinski definition) is 10. The number of piperidine rings is 1. The Morgan fingerprint density at radius 1 is 1.02 bits per heavy atom. The molecule has 3 atom stereocenters.